The van der Waals surface area contributed by atoms with Crippen LogP contribution >= 0.6 is 23.1 Å². The van der Waals surface area contributed by atoms with Gasteiger partial charge < -0.3 is 14.8 Å². The van der Waals surface area contributed by atoms with Crippen LogP contribution in [0.5, 0.6) is 11.5 Å². The van der Waals surface area contributed by atoms with Gasteiger partial charge in [-0.05, 0) is 36.4 Å². The minimum atomic E-state index is -0.430. The zero-order valence-electron chi connectivity index (χ0n) is 16.2. The number of anilines is 2. The van der Waals surface area contributed by atoms with E-state index in [1.165, 1.54) is 29.4 Å². The summed E-state index contributed by atoms with van der Waals surface area (Å²) in [5.74, 6) is 1.79. The van der Waals surface area contributed by atoms with Crippen molar-refractivity contribution in [1.29, 1.82) is 0 Å². The van der Waals surface area contributed by atoms with Crippen LogP contribution < -0.4 is 20.1 Å². The number of fused-ring (bicyclic) bond motifs is 2. The highest BCUT2D eigenvalue weighted by Crippen LogP contribution is 2.34. The molecule has 2 amide bonds. The molecule has 13 heteroatoms. The van der Waals surface area contributed by atoms with E-state index >= 15 is 0 Å². The molecular formula is C18H16N8O3S2. The minimum absolute atomic E-state index is 0.372. The molecule has 5 rings (SSSR count). The summed E-state index contributed by atoms with van der Waals surface area (Å²) in [5.41, 5.74) is 1.49. The minimum Gasteiger partial charge on any atom is -0.486 e. The first-order chi connectivity index (χ1) is 15.2. The second-order valence-electron chi connectivity index (χ2n) is 6.32. The molecule has 0 saturated heterocycles. The van der Waals surface area contributed by atoms with Crippen LogP contribution in [0.3, 0.4) is 0 Å². The number of hydrogen-bond donors (Lipinski definition) is 2. The first kappa shape index (κ1) is 19.5. The second-order valence-corrected chi connectivity index (χ2v) is 8.57. The van der Waals surface area contributed by atoms with Crippen molar-refractivity contribution in [3.05, 3.63) is 36.3 Å². The van der Waals surface area contributed by atoms with Gasteiger partial charge in [0, 0.05) is 17.4 Å². The van der Waals surface area contributed by atoms with E-state index < -0.39 is 6.03 Å². The van der Waals surface area contributed by atoms with Crippen LogP contribution in [0.15, 0.2) is 40.0 Å². The molecule has 0 radical (unpaired) electrons. The van der Waals surface area contributed by atoms with Crippen molar-refractivity contribution >= 4 is 45.7 Å². The predicted molar refractivity (Wildman–Crippen MR) is 114 cm³/mol. The Morgan fingerprint density at radius 3 is 2.94 bits per heavy atom. The van der Waals surface area contributed by atoms with E-state index in [9.17, 15) is 4.79 Å². The molecule has 0 fully saturated rings. The Bertz CT molecular complexity index is 1260. The average Bonchev–Trinajstić information content (AvgIpc) is 3.43. The van der Waals surface area contributed by atoms with E-state index in [2.05, 4.69) is 35.9 Å². The Kier molecular flexibility index (Phi) is 5.26. The highest BCUT2D eigenvalue weighted by molar-refractivity contribution is 8.01. The average molecular weight is 457 g/mol. The molecule has 3 aromatic heterocycles. The molecule has 0 saturated carbocycles. The Morgan fingerprint density at radius 1 is 1.19 bits per heavy atom. The molecule has 4 aromatic rings. The van der Waals surface area contributed by atoms with Crippen molar-refractivity contribution in [3.8, 4) is 11.5 Å². The topological polar surface area (TPSA) is 128 Å². The molecule has 1 aromatic carbocycles. The standard InChI is InChI=1S/C18H16N8O3S2/c1-2-10-8-14(26-15(21-10)19-9-20-26)30-18-25-24-17(31-18)23-16(27)22-11-3-4-12-13(7-11)29-6-5-28-12/h3-4,7-9H,2,5-6H2,1H3,(H2,22,23,24,27). The smallest absolute Gasteiger partial charge is 0.325 e. The number of urea groups is 1. The third-order valence-electron chi connectivity index (χ3n) is 4.25. The number of hydrogen-bond acceptors (Lipinski definition) is 10. The summed E-state index contributed by atoms with van der Waals surface area (Å²) in [4.78, 5) is 20.9. The van der Waals surface area contributed by atoms with Gasteiger partial charge in [-0.25, -0.2) is 9.78 Å². The number of ether oxygens (including phenoxy) is 2. The molecule has 1 aliphatic heterocycles. The van der Waals surface area contributed by atoms with Crippen molar-refractivity contribution < 1.29 is 14.3 Å². The molecule has 0 aliphatic carbocycles. The molecule has 31 heavy (non-hydrogen) atoms. The molecule has 1 aliphatic rings. The lowest BCUT2D eigenvalue weighted by atomic mass is 10.2. The lowest BCUT2D eigenvalue weighted by Crippen LogP contribution is -2.20. The van der Waals surface area contributed by atoms with E-state index in [4.69, 9.17) is 9.47 Å². The van der Waals surface area contributed by atoms with Gasteiger partial charge in [-0.15, -0.1) is 10.2 Å². The summed E-state index contributed by atoms with van der Waals surface area (Å²) >= 11 is 2.64. The summed E-state index contributed by atoms with van der Waals surface area (Å²) in [7, 11) is 0. The number of rotatable bonds is 5. The molecule has 0 atom stereocenters. The maximum atomic E-state index is 12.3. The fourth-order valence-corrected chi connectivity index (χ4v) is 4.66. The number of aryl methyl sites for hydroxylation is 1. The van der Waals surface area contributed by atoms with Crippen molar-refractivity contribution in [3.63, 3.8) is 0 Å². The van der Waals surface area contributed by atoms with E-state index in [0.29, 0.717) is 45.6 Å². The van der Waals surface area contributed by atoms with E-state index in [0.717, 1.165) is 17.1 Å². The molecule has 158 valence electrons. The Hall–Kier alpha value is -3.45. The van der Waals surface area contributed by atoms with Gasteiger partial charge in [-0.2, -0.15) is 14.6 Å². The third-order valence-corrected chi connectivity index (χ3v) is 6.14. The Balaban J connectivity index is 1.26. The quantitative estimate of drug-likeness (QED) is 0.344. The number of amides is 2. The van der Waals surface area contributed by atoms with Gasteiger partial charge >= 0.3 is 6.03 Å². The first-order valence-corrected chi connectivity index (χ1v) is 11.0. The number of nitrogens with zero attached hydrogens (tertiary/aromatic N) is 6. The number of benzene rings is 1. The van der Waals surface area contributed by atoms with Gasteiger partial charge in [0.25, 0.3) is 5.78 Å². The third kappa shape index (κ3) is 4.22. The molecule has 0 spiro atoms. The second kappa shape index (κ2) is 8.35. The fourth-order valence-electron chi connectivity index (χ4n) is 2.86. The molecule has 11 nitrogen and oxygen atoms in total. The van der Waals surface area contributed by atoms with Crippen molar-refractivity contribution in [2.45, 2.75) is 22.7 Å². The molecule has 0 bridgehead atoms. The maximum absolute atomic E-state index is 12.3. The van der Waals surface area contributed by atoms with E-state index in [1.54, 1.807) is 22.7 Å². The fraction of sp³-hybridized carbons (Fsp3) is 0.222. The van der Waals surface area contributed by atoms with E-state index in [1.807, 2.05) is 13.0 Å². The molecule has 2 N–H and O–H groups in total. The molecule has 0 unspecified atom stereocenters. The number of aromatic nitrogens is 6. The predicted octanol–water partition coefficient (Wildman–Crippen LogP) is 3.10. The largest absolute Gasteiger partial charge is 0.486 e. The van der Waals surface area contributed by atoms with Crippen LogP contribution in [-0.2, 0) is 6.42 Å². The van der Waals surface area contributed by atoms with Gasteiger partial charge in [-0.1, -0.05) is 18.3 Å². The zero-order valence-corrected chi connectivity index (χ0v) is 17.9. The molecular weight excluding hydrogens is 440 g/mol. The highest BCUT2D eigenvalue weighted by Gasteiger charge is 2.15. The molecule has 4 heterocycles. The SMILES string of the molecule is CCc1cc(Sc2nnc(NC(=O)Nc3ccc4c(c3)OCCO4)s2)n2ncnc2n1. The van der Waals surface area contributed by atoms with Gasteiger partial charge in [0.1, 0.15) is 24.6 Å². The summed E-state index contributed by atoms with van der Waals surface area (Å²) in [6.07, 6.45) is 2.24. The van der Waals surface area contributed by atoms with Crippen LogP contribution in [-0.4, -0.2) is 49.0 Å². The zero-order chi connectivity index (χ0) is 21.2. The van der Waals surface area contributed by atoms with E-state index in [-0.39, 0.29) is 0 Å². The van der Waals surface area contributed by atoms with Crippen LogP contribution in [0.1, 0.15) is 12.6 Å². The first-order valence-electron chi connectivity index (χ1n) is 9.36. The number of carbonyl (C=O) groups is 1. The summed E-state index contributed by atoms with van der Waals surface area (Å²) in [6, 6.07) is 6.73. The lowest BCUT2D eigenvalue weighted by molar-refractivity contribution is 0.171. The summed E-state index contributed by atoms with van der Waals surface area (Å²) < 4.78 is 13.3. The van der Waals surface area contributed by atoms with Crippen molar-refractivity contribution in [2.75, 3.05) is 23.8 Å². The monoisotopic (exact) mass is 456 g/mol. The van der Waals surface area contributed by atoms with Crippen LogP contribution in [0.2, 0.25) is 0 Å². The lowest BCUT2D eigenvalue weighted by Gasteiger charge is -2.18. The van der Waals surface area contributed by atoms with Gasteiger partial charge in [0.15, 0.2) is 15.8 Å². The Labute approximate surface area is 184 Å². The van der Waals surface area contributed by atoms with Crippen LogP contribution in [0.4, 0.5) is 15.6 Å². The van der Waals surface area contributed by atoms with Crippen molar-refractivity contribution in [2.24, 2.45) is 0 Å². The highest BCUT2D eigenvalue weighted by atomic mass is 32.2. The number of carbonyl (C=O) groups excluding carboxylic acids is 1. The van der Waals surface area contributed by atoms with Gasteiger partial charge in [-0.3, -0.25) is 5.32 Å². The van der Waals surface area contributed by atoms with Gasteiger partial charge in [0.2, 0.25) is 5.13 Å². The summed E-state index contributed by atoms with van der Waals surface area (Å²) in [5, 5.41) is 19.0. The maximum Gasteiger partial charge on any atom is 0.325 e. The Morgan fingerprint density at radius 2 is 2.06 bits per heavy atom. The normalized spacial score (nSPS) is 12.7. The van der Waals surface area contributed by atoms with Gasteiger partial charge in [0.05, 0.1) is 0 Å². The summed E-state index contributed by atoms with van der Waals surface area (Å²) in [6.45, 7) is 3.02. The van der Waals surface area contributed by atoms with Crippen LogP contribution in [0, 0.1) is 0 Å². The number of nitrogens with one attached hydrogen (secondary N) is 2. The van der Waals surface area contributed by atoms with Crippen molar-refractivity contribution in [1.82, 2.24) is 29.8 Å². The van der Waals surface area contributed by atoms with Crippen LogP contribution in [0.25, 0.3) is 5.78 Å².